The third kappa shape index (κ3) is 3.62. The van der Waals surface area contributed by atoms with Crippen molar-refractivity contribution in [2.75, 3.05) is 0 Å². The van der Waals surface area contributed by atoms with Gasteiger partial charge in [-0.05, 0) is 44.5 Å². The van der Waals surface area contributed by atoms with E-state index >= 15 is 0 Å². The number of benzene rings is 2. The minimum absolute atomic E-state index is 0.000152. The quantitative estimate of drug-likeness (QED) is 0.681. The highest BCUT2D eigenvalue weighted by Gasteiger charge is 2.19. The van der Waals surface area contributed by atoms with Crippen LogP contribution in [-0.4, -0.2) is 21.6 Å². The number of carbonyl (C=O) groups is 2. The number of nitrogens with zero attached hydrogens (tertiary/aromatic N) is 2. The Morgan fingerprint density at radius 1 is 1.04 bits per heavy atom. The Kier molecular flexibility index (Phi) is 5.21. The summed E-state index contributed by atoms with van der Waals surface area (Å²) in [6.07, 6.45) is 0. The predicted molar refractivity (Wildman–Crippen MR) is 102 cm³/mol. The zero-order valence-electron chi connectivity index (χ0n) is 15.6. The number of fused-ring (bicyclic) bond motifs is 1. The summed E-state index contributed by atoms with van der Waals surface area (Å²) in [7, 11) is 0. The van der Waals surface area contributed by atoms with Gasteiger partial charge in [0.15, 0.2) is 5.69 Å². The number of amides is 2. The lowest BCUT2D eigenvalue weighted by molar-refractivity contribution is 0.0843. The second-order valence-corrected chi connectivity index (χ2v) is 6.61. The van der Waals surface area contributed by atoms with E-state index in [0.29, 0.717) is 16.3 Å². The second-order valence-electron chi connectivity index (χ2n) is 6.61. The molecule has 0 atom stereocenters. The molecule has 28 heavy (non-hydrogen) atoms. The van der Waals surface area contributed by atoms with Gasteiger partial charge in [-0.1, -0.05) is 24.3 Å². The fraction of sp³-hybridized carbons (Fsp3) is 0.200. The Morgan fingerprint density at radius 3 is 2.36 bits per heavy atom. The lowest BCUT2D eigenvalue weighted by atomic mass is 10.1. The molecule has 3 rings (SSSR count). The molecule has 0 saturated heterocycles. The Hall–Kier alpha value is -3.55. The molecule has 0 radical (unpaired) electrons. The van der Waals surface area contributed by atoms with Crippen LogP contribution in [0.15, 0.2) is 47.3 Å². The Bertz CT molecular complexity index is 1140. The predicted octanol–water partition coefficient (Wildman–Crippen LogP) is 2.50. The summed E-state index contributed by atoms with van der Waals surface area (Å²) in [4.78, 5) is 37.5. The molecule has 7 nitrogen and oxygen atoms in total. The van der Waals surface area contributed by atoms with Gasteiger partial charge in [0.1, 0.15) is 5.82 Å². The van der Waals surface area contributed by atoms with Crippen LogP contribution in [-0.2, 0) is 0 Å². The lowest BCUT2D eigenvalue weighted by Gasteiger charge is -2.14. The van der Waals surface area contributed by atoms with E-state index in [9.17, 15) is 18.8 Å². The van der Waals surface area contributed by atoms with Gasteiger partial charge in [-0.3, -0.25) is 25.2 Å². The van der Waals surface area contributed by atoms with E-state index in [1.807, 2.05) is 0 Å². The first-order valence-corrected chi connectivity index (χ1v) is 8.68. The molecule has 144 valence electrons. The molecule has 1 aromatic heterocycles. The number of hydrogen-bond donors (Lipinski definition) is 2. The first kappa shape index (κ1) is 19.2. The van der Waals surface area contributed by atoms with Crippen molar-refractivity contribution in [2.45, 2.75) is 26.8 Å². The van der Waals surface area contributed by atoms with Crippen LogP contribution in [0.5, 0.6) is 0 Å². The monoisotopic (exact) mass is 382 g/mol. The first-order valence-electron chi connectivity index (χ1n) is 8.68. The molecule has 0 aliphatic carbocycles. The second kappa shape index (κ2) is 7.59. The van der Waals surface area contributed by atoms with E-state index in [0.717, 1.165) is 6.07 Å². The highest BCUT2D eigenvalue weighted by molar-refractivity contribution is 6.06. The molecule has 0 aliphatic rings. The van der Waals surface area contributed by atoms with E-state index in [1.165, 1.54) is 16.8 Å². The van der Waals surface area contributed by atoms with Crippen molar-refractivity contribution in [2.24, 2.45) is 0 Å². The molecular weight excluding hydrogens is 363 g/mol. The molecular formula is C20H19FN4O3. The molecule has 0 fully saturated rings. The number of hydrogen-bond acceptors (Lipinski definition) is 4. The van der Waals surface area contributed by atoms with Crippen LogP contribution in [0.25, 0.3) is 10.8 Å². The van der Waals surface area contributed by atoms with E-state index < -0.39 is 17.6 Å². The number of aryl methyl sites for hydroxylation is 1. The van der Waals surface area contributed by atoms with Crippen molar-refractivity contribution in [1.29, 1.82) is 0 Å². The molecule has 0 aliphatic heterocycles. The standard InChI is InChI=1S/C20H19FN4O3/c1-11(2)25-20(28)15-7-5-4-6-14(15)17(24-25)19(27)23-22-18(26)16-10-13(21)9-8-12(16)3/h4-11H,1-3H3,(H,22,26)(H,23,27). The summed E-state index contributed by atoms with van der Waals surface area (Å²) in [5.41, 5.74) is 4.90. The number of aromatic nitrogens is 2. The van der Waals surface area contributed by atoms with Gasteiger partial charge < -0.3 is 0 Å². The van der Waals surface area contributed by atoms with Gasteiger partial charge >= 0.3 is 0 Å². The average Bonchev–Trinajstić information content (AvgIpc) is 2.68. The molecule has 0 bridgehead atoms. The van der Waals surface area contributed by atoms with Crippen molar-refractivity contribution in [1.82, 2.24) is 20.6 Å². The van der Waals surface area contributed by atoms with Gasteiger partial charge in [0, 0.05) is 10.9 Å². The van der Waals surface area contributed by atoms with Crippen molar-refractivity contribution in [3.05, 3.63) is 75.5 Å². The van der Waals surface area contributed by atoms with Gasteiger partial charge in [0.05, 0.1) is 11.4 Å². The van der Waals surface area contributed by atoms with Crippen LogP contribution in [0.3, 0.4) is 0 Å². The van der Waals surface area contributed by atoms with Gasteiger partial charge in [0.2, 0.25) is 0 Å². The van der Waals surface area contributed by atoms with Crippen molar-refractivity contribution >= 4 is 22.6 Å². The number of nitrogens with one attached hydrogen (secondary N) is 2. The highest BCUT2D eigenvalue weighted by atomic mass is 19.1. The van der Waals surface area contributed by atoms with Gasteiger partial charge in [-0.2, -0.15) is 5.10 Å². The van der Waals surface area contributed by atoms with Crippen molar-refractivity contribution in [3.8, 4) is 0 Å². The number of hydrazine groups is 1. The summed E-state index contributed by atoms with van der Waals surface area (Å²) in [6.45, 7) is 5.21. The minimum Gasteiger partial charge on any atom is -0.267 e. The van der Waals surface area contributed by atoms with Gasteiger partial charge in [-0.15, -0.1) is 0 Å². The summed E-state index contributed by atoms with van der Waals surface area (Å²) in [5, 5.41) is 4.89. The van der Waals surface area contributed by atoms with E-state index in [-0.39, 0.29) is 22.9 Å². The third-order valence-corrected chi connectivity index (χ3v) is 4.27. The smallest absolute Gasteiger partial charge is 0.267 e. The highest BCUT2D eigenvalue weighted by Crippen LogP contribution is 2.15. The molecule has 0 saturated carbocycles. The van der Waals surface area contributed by atoms with Crippen LogP contribution in [0.1, 0.15) is 46.3 Å². The zero-order chi connectivity index (χ0) is 20.4. The molecule has 2 amide bonds. The van der Waals surface area contributed by atoms with Gasteiger partial charge in [0.25, 0.3) is 17.4 Å². The van der Waals surface area contributed by atoms with Crippen molar-refractivity contribution in [3.63, 3.8) is 0 Å². The fourth-order valence-electron chi connectivity index (χ4n) is 2.80. The van der Waals surface area contributed by atoms with Crippen LogP contribution >= 0.6 is 0 Å². The maximum Gasteiger partial charge on any atom is 0.290 e. The van der Waals surface area contributed by atoms with E-state index in [4.69, 9.17) is 0 Å². The van der Waals surface area contributed by atoms with Gasteiger partial charge in [-0.25, -0.2) is 9.07 Å². The summed E-state index contributed by atoms with van der Waals surface area (Å²) in [6, 6.07) is 10.2. The summed E-state index contributed by atoms with van der Waals surface area (Å²) < 4.78 is 14.6. The minimum atomic E-state index is -0.687. The topological polar surface area (TPSA) is 93.1 Å². The van der Waals surface area contributed by atoms with Crippen LogP contribution in [0.2, 0.25) is 0 Å². The molecule has 0 spiro atoms. The number of carbonyl (C=O) groups excluding carboxylic acids is 2. The normalized spacial score (nSPS) is 10.9. The third-order valence-electron chi connectivity index (χ3n) is 4.27. The Labute approximate surface area is 160 Å². The summed E-state index contributed by atoms with van der Waals surface area (Å²) >= 11 is 0. The first-order chi connectivity index (χ1) is 13.3. The molecule has 1 heterocycles. The number of halogens is 1. The molecule has 2 N–H and O–H groups in total. The number of rotatable bonds is 3. The zero-order valence-corrected chi connectivity index (χ0v) is 15.6. The van der Waals surface area contributed by atoms with Crippen molar-refractivity contribution < 1.29 is 14.0 Å². The lowest BCUT2D eigenvalue weighted by Crippen LogP contribution is -2.43. The molecule has 2 aromatic carbocycles. The maximum absolute atomic E-state index is 13.4. The van der Waals surface area contributed by atoms with Crippen LogP contribution in [0.4, 0.5) is 4.39 Å². The SMILES string of the molecule is Cc1ccc(F)cc1C(=O)NNC(=O)c1nn(C(C)C)c(=O)c2ccccc12. The maximum atomic E-state index is 13.4. The van der Waals surface area contributed by atoms with E-state index in [1.54, 1.807) is 45.0 Å². The van der Waals surface area contributed by atoms with Crippen LogP contribution < -0.4 is 16.4 Å². The molecule has 0 unspecified atom stereocenters. The summed E-state index contributed by atoms with van der Waals surface area (Å²) in [5.74, 6) is -1.90. The Morgan fingerprint density at radius 2 is 1.68 bits per heavy atom. The molecule has 3 aromatic rings. The average molecular weight is 382 g/mol. The largest absolute Gasteiger partial charge is 0.290 e. The molecule has 8 heteroatoms. The Balaban J connectivity index is 1.92. The fourth-order valence-corrected chi connectivity index (χ4v) is 2.80. The van der Waals surface area contributed by atoms with E-state index in [2.05, 4.69) is 16.0 Å². The van der Waals surface area contributed by atoms with Crippen LogP contribution in [0, 0.1) is 12.7 Å².